The number of pyridine rings is 1. The van der Waals surface area contributed by atoms with Gasteiger partial charge in [-0.3, -0.25) is 14.5 Å². The standard InChI is InChI=1S/C23H20N4O/c1-17-21(12-13-22(25-17)19-6-3-2-4-7-19)23(28)26-20-10-8-18(9-11-20)16-27-15-5-14-24-27/h2-15H,16H2,1H3,(H,26,28). The van der Waals surface area contributed by atoms with Gasteiger partial charge in [0.1, 0.15) is 0 Å². The van der Waals surface area contributed by atoms with E-state index in [1.54, 1.807) is 6.20 Å². The smallest absolute Gasteiger partial charge is 0.257 e. The molecule has 5 nitrogen and oxygen atoms in total. The zero-order valence-corrected chi connectivity index (χ0v) is 15.5. The van der Waals surface area contributed by atoms with Crippen LogP contribution in [0.4, 0.5) is 5.69 Å². The Kier molecular flexibility index (Phi) is 4.97. The van der Waals surface area contributed by atoms with Gasteiger partial charge in [-0.15, -0.1) is 0 Å². The fraction of sp³-hybridized carbons (Fsp3) is 0.0870. The molecule has 2 aromatic carbocycles. The summed E-state index contributed by atoms with van der Waals surface area (Å²) in [5, 5.41) is 7.14. The number of carbonyl (C=O) groups is 1. The molecule has 28 heavy (non-hydrogen) atoms. The average Bonchev–Trinajstić information content (AvgIpc) is 3.23. The van der Waals surface area contributed by atoms with Crippen LogP contribution in [-0.4, -0.2) is 20.7 Å². The van der Waals surface area contributed by atoms with Crippen molar-refractivity contribution in [1.29, 1.82) is 0 Å². The first-order chi connectivity index (χ1) is 13.7. The monoisotopic (exact) mass is 368 g/mol. The van der Waals surface area contributed by atoms with Crippen LogP contribution in [0.3, 0.4) is 0 Å². The Hall–Kier alpha value is -3.73. The number of carbonyl (C=O) groups excluding carboxylic acids is 1. The Morgan fingerprint density at radius 2 is 1.75 bits per heavy atom. The van der Waals surface area contributed by atoms with Crippen LogP contribution >= 0.6 is 0 Å². The quantitative estimate of drug-likeness (QED) is 0.562. The molecule has 4 rings (SSSR count). The highest BCUT2D eigenvalue weighted by Crippen LogP contribution is 2.19. The van der Waals surface area contributed by atoms with Crippen molar-refractivity contribution in [3.63, 3.8) is 0 Å². The van der Waals surface area contributed by atoms with Gasteiger partial charge in [0, 0.05) is 23.6 Å². The van der Waals surface area contributed by atoms with Crippen molar-refractivity contribution >= 4 is 11.6 Å². The Bertz CT molecular complexity index is 1070. The second-order valence-corrected chi connectivity index (χ2v) is 6.55. The van der Waals surface area contributed by atoms with E-state index in [0.29, 0.717) is 17.8 Å². The van der Waals surface area contributed by atoms with Crippen molar-refractivity contribution in [2.45, 2.75) is 13.5 Å². The molecule has 1 amide bonds. The molecule has 2 heterocycles. The fourth-order valence-corrected chi connectivity index (χ4v) is 3.04. The van der Waals surface area contributed by atoms with E-state index in [-0.39, 0.29) is 5.91 Å². The van der Waals surface area contributed by atoms with Gasteiger partial charge in [0.25, 0.3) is 5.91 Å². The second-order valence-electron chi connectivity index (χ2n) is 6.55. The molecule has 0 aliphatic carbocycles. The number of hydrogen-bond donors (Lipinski definition) is 1. The predicted molar refractivity (Wildman–Crippen MR) is 110 cm³/mol. The minimum atomic E-state index is -0.163. The number of rotatable bonds is 5. The van der Waals surface area contributed by atoms with Crippen molar-refractivity contribution in [2.24, 2.45) is 0 Å². The van der Waals surface area contributed by atoms with E-state index in [9.17, 15) is 4.79 Å². The van der Waals surface area contributed by atoms with Crippen LogP contribution in [-0.2, 0) is 6.54 Å². The third-order valence-electron chi connectivity index (χ3n) is 4.52. The van der Waals surface area contributed by atoms with Crippen molar-refractivity contribution in [2.75, 3.05) is 5.32 Å². The van der Waals surface area contributed by atoms with Gasteiger partial charge < -0.3 is 5.32 Å². The molecule has 0 saturated heterocycles. The van der Waals surface area contributed by atoms with Crippen molar-refractivity contribution < 1.29 is 4.79 Å². The molecule has 5 heteroatoms. The second kappa shape index (κ2) is 7.88. The summed E-state index contributed by atoms with van der Waals surface area (Å²) in [5.41, 5.74) is 5.03. The van der Waals surface area contributed by atoms with Gasteiger partial charge in [0.2, 0.25) is 0 Å². The molecule has 138 valence electrons. The summed E-state index contributed by atoms with van der Waals surface area (Å²) in [4.78, 5) is 17.3. The first kappa shape index (κ1) is 17.7. The predicted octanol–water partition coefficient (Wildman–Crippen LogP) is 4.55. The summed E-state index contributed by atoms with van der Waals surface area (Å²) in [6, 6.07) is 23.3. The largest absolute Gasteiger partial charge is 0.322 e. The van der Waals surface area contributed by atoms with E-state index in [1.807, 2.05) is 90.6 Å². The molecule has 0 fully saturated rings. The molecule has 0 saturated carbocycles. The molecule has 0 radical (unpaired) electrons. The lowest BCUT2D eigenvalue weighted by molar-refractivity contribution is 0.102. The molecule has 0 aliphatic heterocycles. The van der Waals surface area contributed by atoms with Gasteiger partial charge in [-0.1, -0.05) is 42.5 Å². The van der Waals surface area contributed by atoms with Crippen LogP contribution in [0.1, 0.15) is 21.6 Å². The summed E-state index contributed by atoms with van der Waals surface area (Å²) in [7, 11) is 0. The molecule has 1 N–H and O–H groups in total. The number of aromatic nitrogens is 3. The molecule has 0 spiro atoms. The number of benzene rings is 2. The number of nitrogens with one attached hydrogen (secondary N) is 1. The molecule has 2 aromatic heterocycles. The molecule has 0 unspecified atom stereocenters. The highest BCUT2D eigenvalue weighted by molar-refractivity contribution is 6.05. The topological polar surface area (TPSA) is 59.8 Å². The van der Waals surface area contributed by atoms with E-state index in [1.165, 1.54) is 0 Å². The third kappa shape index (κ3) is 3.99. The van der Waals surface area contributed by atoms with E-state index in [4.69, 9.17) is 0 Å². The summed E-state index contributed by atoms with van der Waals surface area (Å²) in [6.07, 6.45) is 3.68. The van der Waals surface area contributed by atoms with Crippen molar-refractivity contribution in [3.8, 4) is 11.3 Å². The van der Waals surface area contributed by atoms with E-state index in [0.717, 1.165) is 22.5 Å². The molecule has 0 aliphatic rings. The first-order valence-corrected chi connectivity index (χ1v) is 9.10. The molecule has 4 aromatic rings. The van der Waals surface area contributed by atoms with Crippen LogP contribution in [0.5, 0.6) is 0 Å². The Labute approximate surface area is 163 Å². The highest BCUT2D eigenvalue weighted by Gasteiger charge is 2.12. The lowest BCUT2D eigenvalue weighted by Gasteiger charge is -2.10. The first-order valence-electron chi connectivity index (χ1n) is 9.10. The SMILES string of the molecule is Cc1nc(-c2ccccc2)ccc1C(=O)Nc1ccc(Cn2cccn2)cc1. The molecular formula is C23H20N4O. The van der Waals surface area contributed by atoms with Crippen LogP contribution in [0.2, 0.25) is 0 Å². The minimum Gasteiger partial charge on any atom is -0.322 e. The normalized spacial score (nSPS) is 10.6. The molecular weight excluding hydrogens is 348 g/mol. The zero-order valence-electron chi connectivity index (χ0n) is 15.5. The van der Waals surface area contributed by atoms with Crippen LogP contribution in [0, 0.1) is 6.92 Å². The molecule has 0 atom stereocenters. The van der Waals surface area contributed by atoms with Gasteiger partial charge in [-0.25, -0.2) is 0 Å². The van der Waals surface area contributed by atoms with Crippen molar-refractivity contribution in [3.05, 3.63) is 102 Å². The van der Waals surface area contributed by atoms with Crippen LogP contribution < -0.4 is 5.32 Å². The number of aryl methyl sites for hydroxylation is 1. The lowest BCUT2D eigenvalue weighted by Crippen LogP contribution is -2.14. The summed E-state index contributed by atoms with van der Waals surface area (Å²) >= 11 is 0. The zero-order chi connectivity index (χ0) is 19.3. The Morgan fingerprint density at radius 3 is 2.43 bits per heavy atom. The van der Waals surface area contributed by atoms with E-state index in [2.05, 4.69) is 15.4 Å². The lowest BCUT2D eigenvalue weighted by atomic mass is 10.1. The summed E-state index contributed by atoms with van der Waals surface area (Å²) in [5.74, 6) is -0.163. The maximum atomic E-state index is 12.7. The van der Waals surface area contributed by atoms with Gasteiger partial charge in [0.05, 0.1) is 23.5 Å². The summed E-state index contributed by atoms with van der Waals surface area (Å²) in [6.45, 7) is 2.56. The van der Waals surface area contributed by atoms with Crippen LogP contribution in [0.25, 0.3) is 11.3 Å². The van der Waals surface area contributed by atoms with Gasteiger partial charge in [-0.05, 0) is 42.8 Å². The van der Waals surface area contributed by atoms with Gasteiger partial charge in [0.15, 0.2) is 0 Å². The number of amides is 1. The van der Waals surface area contributed by atoms with E-state index >= 15 is 0 Å². The minimum absolute atomic E-state index is 0.163. The highest BCUT2D eigenvalue weighted by atomic mass is 16.1. The van der Waals surface area contributed by atoms with Crippen LogP contribution in [0.15, 0.2) is 85.2 Å². The maximum Gasteiger partial charge on any atom is 0.257 e. The molecule has 0 bridgehead atoms. The van der Waals surface area contributed by atoms with Gasteiger partial charge in [-0.2, -0.15) is 5.10 Å². The number of nitrogens with zero attached hydrogens (tertiary/aromatic N) is 3. The number of anilines is 1. The average molecular weight is 368 g/mol. The Balaban J connectivity index is 1.46. The Morgan fingerprint density at radius 1 is 0.964 bits per heavy atom. The van der Waals surface area contributed by atoms with E-state index < -0.39 is 0 Å². The maximum absolute atomic E-state index is 12.7. The number of hydrogen-bond acceptors (Lipinski definition) is 3. The van der Waals surface area contributed by atoms with Crippen molar-refractivity contribution in [1.82, 2.24) is 14.8 Å². The van der Waals surface area contributed by atoms with Gasteiger partial charge >= 0.3 is 0 Å². The third-order valence-corrected chi connectivity index (χ3v) is 4.52. The fourth-order valence-electron chi connectivity index (χ4n) is 3.04. The summed E-state index contributed by atoms with van der Waals surface area (Å²) < 4.78 is 1.86.